The lowest BCUT2D eigenvalue weighted by Crippen LogP contribution is -2.18. The highest BCUT2D eigenvalue weighted by molar-refractivity contribution is 5.47. The van der Waals surface area contributed by atoms with Crippen molar-refractivity contribution < 1.29 is 13.9 Å². The van der Waals surface area contributed by atoms with Crippen LogP contribution in [0, 0.1) is 5.82 Å². The van der Waals surface area contributed by atoms with Crippen LogP contribution in [0.4, 0.5) is 4.39 Å². The smallest absolute Gasteiger partial charge is 0.164 e. The van der Waals surface area contributed by atoms with Crippen molar-refractivity contribution in [1.82, 2.24) is 4.98 Å². The van der Waals surface area contributed by atoms with Crippen LogP contribution in [-0.2, 0) is 13.0 Å². The molecule has 112 valence electrons. The highest BCUT2D eigenvalue weighted by Crippen LogP contribution is 2.32. The first-order valence-corrected chi connectivity index (χ1v) is 6.74. The van der Waals surface area contributed by atoms with Crippen molar-refractivity contribution in [2.45, 2.75) is 26.0 Å². The second-order valence-corrected chi connectivity index (χ2v) is 4.93. The summed E-state index contributed by atoms with van der Waals surface area (Å²) in [5, 5.41) is 0. The first kappa shape index (κ1) is 15.3. The van der Waals surface area contributed by atoms with Crippen molar-refractivity contribution >= 4 is 0 Å². The van der Waals surface area contributed by atoms with Gasteiger partial charge in [0.1, 0.15) is 12.4 Å². The van der Waals surface area contributed by atoms with Gasteiger partial charge in [0, 0.05) is 17.8 Å². The van der Waals surface area contributed by atoms with Crippen molar-refractivity contribution in [3.8, 4) is 11.5 Å². The molecule has 0 saturated heterocycles. The van der Waals surface area contributed by atoms with Crippen LogP contribution in [0.25, 0.3) is 0 Å². The molecule has 0 fully saturated rings. The minimum atomic E-state index is -0.382. The molecule has 1 heterocycles. The van der Waals surface area contributed by atoms with Crippen molar-refractivity contribution in [3.63, 3.8) is 0 Å². The molecule has 21 heavy (non-hydrogen) atoms. The molecule has 0 saturated carbocycles. The largest absolute Gasteiger partial charge is 0.493 e. The molecular formula is C16H19FN2O2. The Kier molecular flexibility index (Phi) is 5.11. The van der Waals surface area contributed by atoms with Crippen LogP contribution in [0.5, 0.6) is 11.5 Å². The van der Waals surface area contributed by atoms with Gasteiger partial charge in [-0.3, -0.25) is 4.98 Å². The molecule has 1 unspecified atom stereocenters. The average molecular weight is 290 g/mol. The number of pyridine rings is 1. The lowest BCUT2D eigenvalue weighted by Gasteiger charge is -2.16. The maximum absolute atomic E-state index is 13.1. The van der Waals surface area contributed by atoms with Gasteiger partial charge in [-0.1, -0.05) is 12.1 Å². The first-order chi connectivity index (χ1) is 10.1. The summed E-state index contributed by atoms with van der Waals surface area (Å²) in [6.07, 6.45) is 3.41. The van der Waals surface area contributed by atoms with Crippen LogP contribution in [0.3, 0.4) is 0 Å². The zero-order chi connectivity index (χ0) is 15.2. The molecule has 0 spiro atoms. The molecule has 2 aromatic rings. The lowest BCUT2D eigenvalue weighted by atomic mass is 10.1. The molecule has 0 aliphatic rings. The number of rotatable bonds is 6. The Labute approximate surface area is 123 Å². The van der Waals surface area contributed by atoms with E-state index in [9.17, 15) is 4.39 Å². The Bertz CT molecular complexity index is 603. The van der Waals surface area contributed by atoms with Gasteiger partial charge in [-0.05, 0) is 31.0 Å². The van der Waals surface area contributed by atoms with Gasteiger partial charge in [0.05, 0.1) is 13.3 Å². The standard InChI is InChI=1S/C16H19FN2O2/c1-11(18)6-13-4-3-5-15(20-2)16(13)21-10-12-7-14(17)9-19-8-12/h3-5,7-9,11H,6,10,18H2,1-2H3. The van der Waals surface area contributed by atoms with E-state index in [1.165, 1.54) is 6.07 Å². The van der Waals surface area contributed by atoms with Crippen molar-refractivity contribution in [1.29, 1.82) is 0 Å². The van der Waals surface area contributed by atoms with Gasteiger partial charge >= 0.3 is 0 Å². The number of hydrogen-bond donors (Lipinski definition) is 1. The summed E-state index contributed by atoms with van der Waals surface area (Å²) in [6, 6.07) is 7.07. The minimum absolute atomic E-state index is 0.00953. The number of para-hydroxylation sites is 1. The molecule has 2 rings (SSSR count). The highest BCUT2D eigenvalue weighted by atomic mass is 19.1. The molecule has 0 aliphatic heterocycles. The second-order valence-electron chi connectivity index (χ2n) is 4.93. The normalized spacial score (nSPS) is 12.0. The number of nitrogens with zero attached hydrogens (tertiary/aromatic N) is 1. The Balaban J connectivity index is 2.21. The zero-order valence-corrected chi connectivity index (χ0v) is 12.2. The summed E-state index contributed by atoms with van der Waals surface area (Å²) in [6.45, 7) is 2.15. The molecule has 5 heteroatoms. The van der Waals surface area contributed by atoms with E-state index < -0.39 is 0 Å². The molecular weight excluding hydrogens is 271 g/mol. The predicted octanol–water partition coefficient (Wildman–Crippen LogP) is 2.70. The van der Waals surface area contributed by atoms with E-state index in [-0.39, 0.29) is 18.5 Å². The molecule has 0 amide bonds. The number of ether oxygens (including phenoxy) is 2. The Morgan fingerprint density at radius 3 is 2.81 bits per heavy atom. The van der Waals surface area contributed by atoms with Gasteiger partial charge in [-0.25, -0.2) is 4.39 Å². The molecule has 1 aromatic heterocycles. The van der Waals surface area contributed by atoms with Crippen molar-refractivity contribution in [2.75, 3.05) is 7.11 Å². The summed E-state index contributed by atoms with van der Waals surface area (Å²) in [7, 11) is 1.58. The molecule has 0 radical (unpaired) electrons. The Morgan fingerprint density at radius 2 is 2.14 bits per heavy atom. The second kappa shape index (κ2) is 7.04. The quantitative estimate of drug-likeness (QED) is 0.888. The van der Waals surface area contributed by atoms with Gasteiger partial charge in [-0.2, -0.15) is 0 Å². The number of nitrogens with two attached hydrogens (primary N) is 1. The van der Waals surface area contributed by atoms with E-state index in [1.807, 2.05) is 25.1 Å². The Hall–Kier alpha value is -2.14. The maximum atomic E-state index is 13.1. The topological polar surface area (TPSA) is 57.4 Å². The number of benzene rings is 1. The number of hydrogen-bond acceptors (Lipinski definition) is 4. The van der Waals surface area contributed by atoms with Crippen molar-refractivity contribution in [2.24, 2.45) is 5.73 Å². The minimum Gasteiger partial charge on any atom is -0.493 e. The summed E-state index contributed by atoms with van der Waals surface area (Å²) >= 11 is 0. The number of halogens is 1. The predicted molar refractivity (Wildman–Crippen MR) is 78.9 cm³/mol. The monoisotopic (exact) mass is 290 g/mol. The van der Waals surface area contributed by atoms with Crippen LogP contribution in [0.2, 0.25) is 0 Å². The molecule has 1 aromatic carbocycles. The van der Waals surface area contributed by atoms with Crippen LogP contribution >= 0.6 is 0 Å². The average Bonchev–Trinajstić information content (AvgIpc) is 2.45. The SMILES string of the molecule is COc1cccc(CC(C)N)c1OCc1cncc(F)c1. The summed E-state index contributed by atoms with van der Waals surface area (Å²) in [5.74, 6) is 0.894. The summed E-state index contributed by atoms with van der Waals surface area (Å²) in [4.78, 5) is 3.80. The van der Waals surface area contributed by atoms with Gasteiger partial charge < -0.3 is 15.2 Å². The fourth-order valence-corrected chi connectivity index (χ4v) is 2.08. The van der Waals surface area contributed by atoms with Crippen LogP contribution in [-0.4, -0.2) is 18.1 Å². The van der Waals surface area contributed by atoms with Gasteiger partial charge in [0.2, 0.25) is 0 Å². The fraction of sp³-hybridized carbons (Fsp3) is 0.312. The third-order valence-electron chi connectivity index (χ3n) is 2.97. The molecule has 0 bridgehead atoms. The van der Waals surface area contributed by atoms with Crippen LogP contribution in [0.15, 0.2) is 36.7 Å². The van der Waals surface area contributed by atoms with E-state index in [4.69, 9.17) is 15.2 Å². The third-order valence-corrected chi connectivity index (χ3v) is 2.97. The number of aromatic nitrogens is 1. The molecule has 1 atom stereocenters. The highest BCUT2D eigenvalue weighted by Gasteiger charge is 2.12. The fourth-order valence-electron chi connectivity index (χ4n) is 2.08. The zero-order valence-electron chi connectivity index (χ0n) is 12.2. The maximum Gasteiger partial charge on any atom is 0.164 e. The van der Waals surface area contributed by atoms with Crippen LogP contribution in [0.1, 0.15) is 18.1 Å². The lowest BCUT2D eigenvalue weighted by molar-refractivity contribution is 0.280. The van der Waals surface area contributed by atoms with E-state index in [2.05, 4.69) is 4.98 Å². The van der Waals surface area contributed by atoms with Gasteiger partial charge in [0.25, 0.3) is 0 Å². The van der Waals surface area contributed by atoms with E-state index in [0.29, 0.717) is 23.5 Å². The van der Waals surface area contributed by atoms with Gasteiger partial charge in [-0.15, -0.1) is 0 Å². The Morgan fingerprint density at radius 1 is 1.33 bits per heavy atom. The summed E-state index contributed by atoms with van der Waals surface area (Å²) < 4.78 is 24.3. The van der Waals surface area contributed by atoms with E-state index in [0.717, 1.165) is 11.8 Å². The van der Waals surface area contributed by atoms with E-state index in [1.54, 1.807) is 13.3 Å². The summed E-state index contributed by atoms with van der Waals surface area (Å²) in [5.41, 5.74) is 7.48. The number of methoxy groups -OCH3 is 1. The first-order valence-electron chi connectivity index (χ1n) is 6.74. The van der Waals surface area contributed by atoms with Crippen molar-refractivity contribution in [3.05, 3.63) is 53.6 Å². The molecule has 4 nitrogen and oxygen atoms in total. The third kappa shape index (κ3) is 4.16. The van der Waals surface area contributed by atoms with E-state index >= 15 is 0 Å². The van der Waals surface area contributed by atoms with Gasteiger partial charge in [0.15, 0.2) is 11.5 Å². The van der Waals surface area contributed by atoms with Crippen LogP contribution < -0.4 is 15.2 Å². The molecule has 0 aliphatic carbocycles. The molecule has 2 N–H and O–H groups in total.